The van der Waals surface area contributed by atoms with Crippen molar-refractivity contribution >= 4 is 17.5 Å². The molecule has 0 spiro atoms. The number of ketones is 1. The van der Waals surface area contributed by atoms with E-state index < -0.39 is 34.2 Å². The highest BCUT2D eigenvalue weighted by Crippen LogP contribution is 2.35. The van der Waals surface area contributed by atoms with E-state index in [1.54, 1.807) is 0 Å². The van der Waals surface area contributed by atoms with Crippen molar-refractivity contribution in [1.82, 2.24) is 0 Å². The van der Waals surface area contributed by atoms with Crippen LogP contribution in [-0.4, -0.2) is 16.8 Å². The molecule has 0 aromatic heterocycles. The lowest BCUT2D eigenvalue weighted by Gasteiger charge is -2.12. The molecule has 1 heterocycles. The number of halogens is 4. The van der Waals surface area contributed by atoms with Crippen molar-refractivity contribution < 1.29 is 22.4 Å². The van der Waals surface area contributed by atoms with Crippen LogP contribution in [-0.2, 0) is 6.18 Å². The van der Waals surface area contributed by atoms with E-state index in [9.17, 15) is 22.4 Å². The van der Waals surface area contributed by atoms with Gasteiger partial charge in [0, 0.05) is 0 Å². The third-order valence-corrected chi connectivity index (χ3v) is 4.17. The first kappa shape index (κ1) is 13.4. The second kappa shape index (κ2) is 4.91. The Kier molecular flexibility index (Phi) is 3.66. The Morgan fingerprint density at radius 3 is 2.61 bits per heavy atom. The minimum atomic E-state index is -4.77. The Morgan fingerprint density at radius 2 is 2.06 bits per heavy atom. The van der Waals surface area contributed by atoms with Gasteiger partial charge >= 0.3 is 6.18 Å². The van der Waals surface area contributed by atoms with Gasteiger partial charge in [0.05, 0.1) is 16.4 Å². The molecular weight excluding hydrogens is 268 g/mol. The van der Waals surface area contributed by atoms with E-state index in [0.717, 1.165) is 24.3 Å². The van der Waals surface area contributed by atoms with Crippen LogP contribution < -0.4 is 0 Å². The summed E-state index contributed by atoms with van der Waals surface area (Å²) in [6.45, 7) is 0. The molecule has 1 aliphatic heterocycles. The Labute approximate surface area is 106 Å². The summed E-state index contributed by atoms with van der Waals surface area (Å²) in [4.78, 5) is 11.9. The second-order valence-electron chi connectivity index (χ2n) is 4.03. The first-order valence-corrected chi connectivity index (χ1v) is 6.47. The number of benzene rings is 1. The molecule has 1 aromatic rings. The maximum Gasteiger partial charge on any atom is 0.419 e. The number of hydrogen-bond acceptors (Lipinski definition) is 2. The SMILES string of the molecule is O=C(c1cccc(C(F)(F)F)c1F)C1CCCS1. The van der Waals surface area contributed by atoms with Crippen LogP contribution in [0.3, 0.4) is 0 Å². The molecule has 1 saturated heterocycles. The quantitative estimate of drug-likeness (QED) is 0.602. The van der Waals surface area contributed by atoms with Crippen LogP contribution >= 0.6 is 11.8 Å². The Bertz CT molecular complexity index is 464. The van der Waals surface area contributed by atoms with Crippen molar-refractivity contribution in [2.75, 3.05) is 5.75 Å². The number of thioether (sulfide) groups is 1. The summed E-state index contributed by atoms with van der Waals surface area (Å²) in [7, 11) is 0. The zero-order valence-electron chi connectivity index (χ0n) is 9.26. The summed E-state index contributed by atoms with van der Waals surface area (Å²) in [6.07, 6.45) is -3.34. The number of carbonyl (C=O) groups is 1. The minimum absolute atomic E-state index is 0.414. The van der Waals surface area contributed by atoms with E-state index in [1.165, 1.54) is 11.8 Å². The van der Waals surface area contributed by atoms with E-state index in [4.69, 9.17) is 0 Å². The van der Waals surface area contributed by atoms with Crippen molar-refractivity contribution in [3.05, 3.63) is 35.1 Å². The molecule has 0 bridgehead atoms. The summed E-state index contributed by atoms with van der Waals surface area (Å²) < 4.78 is 51.3. The van der Waals surface area contributed by atoms with Gasteiger partial charge in [-0.05, 0) is 30.7 Å². The molecule has 1 aliphatic rings. The molecule has 2 rings (SSSR count). The molecule has 0 aliphatic carbocycles. The summed E-state index contributed by atoms with van der Waals surface area (Å²) in [5.74, 6) is -1.21. The molecule has 98 valence electrons. The molecule has 1 aromatic carbocycles. The molecule has 1 nitrogen and oxygen atoms in total. The molecule has 1 fully saturated rings. The van der Waals surface area contributed by atoms with E-state index in [-0.39, 0.29) is 0 Å². The number of carbonyl (C=O) groups excluding carboxylic acids is 1. The fourth-order valence-corrected chi connectivity index (χ4v) is 3.13. The lowest BCUT2D eigenvalue weighted by atomic mass is 10.0. The van der Waals surface area contributed by atoms with Crippen LogP contribution in [0.25, 0.3) is 0 Å². The summed E-state index contributed by atoms with van der Waals surface area (Å²) >= 11 is 1.37. The van der Waals surface area contributed by atoms with Crippen LogP contribution in [0.2, 0.25) is 0 Å². The van der Waals surface area contributed by atoms with E-state index in [0.29, 0.717) is 12.5 Å². The first-order chi connectivity index (χ1) is 8.41. The van der Waals surface area contributed by atoms with Crippen LogP contribution in [0.1, 0.15) is 28.8 Å². The fourth-order valence-electron chi connectivity index (χ4n) is 1.90. The largest absolute Gasteiger partial charge is 0.419 e. The van der Waals surface area contributed by atoms with Crippen LogP contribution in [0, 0.1) is 5.82 Å². The van der Waals surface area contributed by atoms with Crippen molar-refractivity contribution in [2.45, 2.75) is 24.3 Å². The van der Waals surface area contributed by atoms with Gasteiger partial charge in [-0.15, -0.1) is 0 Å². The maximum absolute atomic E-state index is 13.7. The third-order valence-electron chi connectivity index (χ3n) is 2.79. The monoisotopic (exact) mass is 278 g/mol. The zero-order chi connectivity index (χ0) is 13.3. The van der Waals surface area contributed by atoms with Crippen molar-refractivity contribution in [1.29, 1.82) is 0 Å². The molecule has 0 saturated carbocycles. The van der Waals surface area contributed by atoms with Crippen LogP contribution in [0.15, 0.2) is 18.2 Å². The van der Waals surface area contributed by atoms with Gasteiger partial charge in [0.15, 0.2) is 5.78 Å². The lowest BCUT2D eigenvalue weighted by Crippen LogP contribution is -2.18. The van der Waals surface area contributed by atoms with Crippen molar-refractivity contribution in [2.24, 2.45) is 0 Å². The fraction of sp³-hybridized carbons (Fsp3) is 0.417. The number of hydrogen-bond donors (Lipinski definition) is 0. The van der Waals surface area contributed by atoms with E-state index >= 15 is 0 Å². The lowest BCUT2D eigenvalue weighted by molar-refractivity contribution is -0.140. The smallest absolute Gasteiger partial charge is 0.293 e. The highest BCUT2D eigenvalue weighted by molar-refractivity contribution is 8.00. The average molecular weight is 278 g/mol. The van der Waals surface area contributed by atoms with Gasteiger partial charge in [-0.2, -0.15) is 24.9 Å². The Balaban J connectivity index is 2.36. The summed E-state index contributed by atoms with van der Waals surface area (Å²) in [5, 5.41) is -0.414. The normalized spacial score (nSPS) is 20.1. The van der Waals surface area contributed by atoms with Gasteiger partial charge in [0.1, 0.15) is 5.82 Å². The minimum Gasteiger partial charge on any atom is -0.293 e. The number of alkyl halides is 3. The van der Waals surface area contributed by atoms with Gasteiger partial charge in [-0.1, -0.05) is 6.07 Å². The predicted molar refractivity (Wildman–Crippen MR) is 61.2 cm³/mol. The maximum atomic E-state index is 13.7. The zero-order valence-corrected chi connectivity index (χ0v) is 10.1. The highest BCUT2D eigenvalue weighted by atomic mass is 32.2. The molecule has 6 heteroatoms. The molecule has 0 N–H and O–H groups in total. The molecule has 1 unspecified atom stereocenters. The molecule has 18 heavy (non-hydrogen) atoms. The topological polar surface area (TPSA) is 17.1 Å². The van der Waals surface area contributed by atoms with E-state index in [1.807, 2.05) is 0 Å². The third kappa shape index (κ3) is 2.53. The number of Topliss-reactive ketones (excluding diaryl/α,β-unsaturated/α-hetero) is 1. The Hall–Kier alpha value is -1.04. The van der Waals surface area contributed by atoms with Crippen molar-refractivity contribution in [3.63, 3.8) is 0 Å². The van der Waals surface area contributed by atoms with E-state index in [2.05, 4.69) is 0 Å². The van der Waals surface area contributed by atoms with Gasteiger partial charge < -0.3 is 0 Å². The van der Waals surface area contributed by atoms with Gasteiger partial charge in [0.2, 0.25) is 0 Å². The summed E-state index contributed by atoms with van der Waals surface area (Å²) in [5.41, 5.74) is -1.83. The van der Waals surface area contributed by atoms with Crippen molar-refractivity contribution in [3.8, 4) is 0 Å². The molecule has 1 atom stereocenters. The number of rotatable bonds is 2. The summed E-state index contributed by atoms with van der Waals surface area (Å²) in [6, 6.07) is 2.83. The van der Waals surface area contributed by atoms with Crippen LogP contribution in [0.4, 0.5) is 17.6 Å². The Morgan fingerprint density at radius 1 is 1.33 bits per heavy atom. The van der Waals surface area contributed by atoms with Gasteiger partial charge in [0.25, 0.3) is 0 Å². The van der Waals surface area contributed by atoms with Crippen LogP contribution in [0.5, 0.6) is 0 Å². The molecule has 0 amide bonds. The first-order valence-electron chi connectivity index (χ1n) is 5.43. The predicted octanol–water partition coefficient (Wildman–Crippen LogP) is 3.92. The second-order valence-corrected chi connectivity index (χ2v) is 5.34. The van der Waals surface area contributed by atoms with Gasteiger partial charge in [-0.25, -0.2) is 4.39 Å². The average Bonchev–Trinajstić information content (AvgIpc) is 2.80. The molecule has 0 radical (unpaired) electrons. The molecular formula is C12H10F4OS. The highest BCUT2D eigenvalue weighted by Gasteiger charge is 2.36. The standard InChI is InChI=1S/C12H10F4OS/c13-10-7(11(17)9-5-2-6-18-9)3-1-4-8(10)12(14,15)16/h1,3-4,9H,2,5-6H2. The van der Waals surface area contributed by atoms with Gasteiger partial charge in [-0.3, -0.25) is 4.79 Å².